The number of pyridine rings is 1. The normalized spacial score (nSPS) is 22.2. The summed E-state index contributed by atoms with van der Waals surface area (Å²) in [7, 11) is 0. The van der Waals surface area contributed by atoms with Crippen LogP contribution in [0.15, 0.2) is 41.2 Å². The number of carbonyl (C=O) groups excluding carboxylic acids is 1. The number of nitrogens with zero attached hydrogens (tertiary/aromatic N) is 2. The first-order valence-corrected chi connectivity index (χ1v) is 10.1. The summed E-state index contributed by atoms with van der Waals surface area (Å²) < 4.78 is 1.78. The first-order chi connectivity index (χ1) is 14.2. The number of fused-ring (bicyclic) bond motifs is 4. The van der Waals surface area contributed by atoms with Gasteiger partial charge in [0, 0.05) is 37.3 Å². The number of hydrogen-bond acceptors (Lipinski definition) is 5. The van der Waals surface area contributed by atoms with Gasteiger partial charge in [0.2, 0.25) is 5.91 Å². The lowest BCUT2D eigenvalue weighted by atomic mass is 9.82. The molecular weight excluding hydrogens is 386 g/mol. The Morgan fingerprint density at radius 1 is 1.10 bits per heavy atom. The maximum atomic E-state index is 12.8. The number of aromatic carboxylic acids is 1. The summed E-state index contributed by atoms with van der Waals surface area (Å²) in [6.45, 7) is 3.03. The molecule has 2 bridgehead atoms. The minimum Gasteiger partial charge on any atom is -0.478 e. The number of likely N-dealkylation sites (tertiary alicyclic amines) is 1. The molecule has 8 nitrogen and oxygen atoms in total. The zero-order chi connectivity index (χ0) is 21.6. The second kappa shape index (κ2) is 7.70. The highest BCUT2D eigenvalue weighted by molar-refractivity contribution is 5.88. The summed E-state index contributed by atoms with van der Waals surface area (Å²) in [4.78, 5) is 38.2. The van der Waals surface area contributed by atoms with Gasteiger partial charge in [0.15, 0.2) is 0 Å². The summed E-state index contributed by atoms with van der Waals surface area (Å²) in [5.41, 5.74) is 8.31. The average molecular weight is 411 g/mol. The van der Waals surface area contributed by atoms with Crippen LogP contribution in [0.25, 0.3) is 11.1 Å². The van der Waals surface area contributed by atoms with Crippen molar-refractivity contribution in [2.45, 2.75) is 38.0 Å². The average Bonchev–Trinajstić information content (AvgIpc) is 2.73. The number of carbonyl (C=O) groups is 2. The van der Waals surface area contributed by atoms with E-state index >= 15 is 0 Å². The molecule has 1 aromatic heterocycles. The third kappa shape index (κ3) is 3.64. The molecule has 8 heteroatoms. The van der Waals surface area contributed by atoms with Crippen LogP contribution in [-0.2, 0) is 11.3 Å². The number of benzene rings is 1. The molecule has 2 aliphatic rings. The number of hydrogen-bond donors (Lipinski definition) is 3. The van der Waals surface area contributed by atoms with Crippen LogP contribution in [0.5, 0.6) is 0 Å². The van der Waals surface area contributed by atoms with Crippen LogP contribution in [0.2, 0.25) is 0 Å². The Morgan fingerprint density at radius 3 is 2.43 bits per heavy atom. The van der Waals surface area contributed by atoms with Crippen molar-refractivity contribution in [2.24, 2.45) is 11.7 Å². The van der Waals surface area contributed by atoms with Crippen molar-refractivity contribution in [1.82, 2.24) is 9.47 Å². The first kappa shape index (κ1) is 20.3. The second-order valence-corrected chi connectivity index (χ2v) is 8.31. The first-order valence-electron chi connectivity index (χ1n) is 10.1. The fourth-order valence-electron chi connectivity index (χ4n) is 4.53. The van der Waals surface area contributed by atoms with E-state index in [1.165, 1.54) is 19.1 Å². The van der Waals surface area contributed by atoms with Crippen molar-refractivity contribution in [3.8, 4) is 11.1 Å². The molecule has 2 aromatic rings. The number of rotatable bonds is 4. The molecule has 1 fully saturated rings. The van der Waals surface area contributed by atoms with Crippen LogP contribution < -0.4 is 11.3 Å². The SMILES string of the molecule is C[C@@H](O)[C@H](N)C(=O)N1C[C@@H]2C[C@H](C1)c1cc(-c3ccc(C(=O)O)cc3)cc(=O)n1C2. The summed E-state index contributed by atoms with van der Waals surface area (Å²) in [5.74, 6) is -1.09. The van der Waals surface area contributed by atoms with Gasteiger partial charge in [-0.15, -0.1) is 0 Å². The lowest BCUT2D eigenvalue weighted by molar-refractivity contribution is -0.137. The van der Waals surface area contributed by atoms with Crippen LogP contribution >= 0.6 is 0 Å². The summed E-state index contributed by atoms with van der Waals surface area (Å²) in [5, 5.41) is 18.8. The van der Waals surface area contributed by atoms with Crippen molar-refractivity contribution in [2.75, 3.05) is 13.1 Å². The molecule has 0 saturated carbocycles. The standard InChI is InChI=1S/C22H25N3O5/c1-12(26)20(23)21(28)24-9-13-6-17(11-24)18-7-16(8-19(27)25(18)10-13)14-2-4-15(5-3-14)22(29)30/h2-5,7-8,12-13,17,20,26H,6,9-11,23H2,1H3,(H,29,30)/t12-,13+,17-,20+/m1/s1. The monoisotopic (exact) mass is 411 g/mol. The molecule has 4 atom stereocenters. The molecule has 1 amide bonds. The van der Waals surface area contributed by atoms with Gasteiger partial charge in [-0.1, -0.05) is 12.1 Å². The van der Waals surface area contributed by atoms with Crippen LogP contribution in [0, 0.1) is 5.92 Å². The van der Waals surface area contributed by atoms with E-state index in [0.29, 0.717) is 19.6 Å². The topological polar surface area (TPSA) is 126 Å². The number of aromatic nitrogens is 1. The molecule has 0 aliphatic carbocycles. The van der Waals surface area contributed by atoms with E-state index in [0.717, 1.165) is 23.2 Å². The Labute approximate surface area is 173 Å². The summed E-state index contributed by atoms with van der Waals surface area (Å²) in [6, 6.07) is 9.00. The lowest BCUT2D eigenvalue weighted by Crippen LogP contribution is -2.55. The number of nitrogens with two attached hydrogens (primary N) is 1. The van der Waals surface area contributed by atoms with E-state index in [9.17, 15) is 19.5 Å². The predicted octanol–water partition coefficient (Wildman–Crippen LogP) is 0.867. The molecular formula is C22H25N3O5. The van der Waals surface area contributed by atoms with Gasteiger partial charge < -0.3 is 25.4 Å². The third-order valence-electron chi connectivity index (χ3n) is 6.14. The molecule has 4 N–H and O–H groups in total. The minimum absolute atomic E-state index is 0.00796. The van der Waals surface area contributed by atoms with E-state index < -0.39 is 18.1 Å². The van der Waals surface area contributed by atoms with Crippen LogP contribution in [0.3, 0.4) is 0 Å². The lowest BCUT2D eigenvalue weighted by Gasteiger charge is -2.43. The van der Waals surface area contributed by atoms with E-state index in [2.05, 4.69) is 0 Å². The molecule has 1 aromatic carbocycles. The quantitative estimate of drug-likeness (QED) is 0.685. The van der Waals surface area contributed by atoms with Gasteiger partial charge in [0.25, 0.3) is 5.56 Å². The molecule has 3 heterocycles. The Hall–Kier alpha value is -2.97. The van der Waals surface area contributed by atoms with E-state index in [1.807, 2.05) is 6.07 Å². The number of aliphatic hydroxyl groups is 1. The largest absolute Gasteiger partial charge is 0.478 e. The maximum absolute atomic E-state index is 12.8. The number of piperidine rings is 1. The second-order valence-electron chi connectivity index (χ2n) is 8.31. The third-order valence-corrected chi connectivity index (χ3v) is 6.14. The van der Waals surface area contributed by atoms with Crippen molar-refractivity contribution in [3.63, 3.8) is 0 Å². The highest BCUT2D eigenvalue weighted by Crippen LogP contribution is 2.36. The highest BCUT2D eigenvalue weighted by atomic mass is 16.4. The highest BCUT2D eigenvalue weighted by Gasteiger charge is 2.38. The van der Waals surface area contributed by atoms with Crippen molar-refractivity contribution < 1.29 is 19.8 Å². The zero-order valence-electron chi connectivity index (χ0n) is 16.7. The van der Waals surface area contributed by atoms with Crippen molar-refractivity contribution >= 4 is 11.9 Å². The Kier molecular flexibility index (Phi) is 5.21. The summed E-state index contributed by atoms with van der Waals surface area (Å²) >= 11 is 0. The summed E-state index contributed by atoms with van der Waals surface area (Å²) in [6.07, 6.45) is -0.0382. The Balaban J connectivity index is 1.66. The van der Waals surface area contributed by atoms with Crippen LogP contribution in [0.1, 0.15) is 35.3 Å². The molecule has 0 spiro atoms. The predicted molar refractivity (Wildman–Crippen MR) is 110 cm³/mol. The van der Waals surface area contributed by atoms with Gasteiger partial charge in [-0.25, -0.2) is 4.79 Å². The molecule has 4 rings (SSSR count). The Morgan fingerprint density at radius 2 is 1.80 bits per heavy atom. The van der Waals surface area contributed by atoms with Crippen molar-refractivity contribution in [1.29, 1.82) is 0 Å². The van der Waals surface area contributed by atoms with Gasteiger partial charge in [0.05, 0.1) is 11.7 Å². The molecule has 1 saturated heterocycles. The van der Waals surface area contributed by atoms with Gasteiger partial charge in [-0.05, 0) is 48.6 Å². The van der Waals surface area contributed by atoms with E-state index in [4.69, 9.17) is 10.8 Å². The fourth-order valence-corrected chi connectivity index (χ4v) is 4.53. The van der Waals surface area contributed by atoms with Gasteiger partial charge in [-0.3, -0.25) is 9.59 Å². The number of amides is 1. The minimum atomic E-state index is -1.000. The molecule has 0 unspecified atom stereocenters. The number of aliphatic hydroxyl groups excluding tert-OH is 1. The maximum Gasteiger partial charge on any atom is 0.335 e. The van der Waals surface area contributed by atoms with Crippen LogP contribution in [-0.4, -0.2) is 56.8 Å². The molecule has 0 radical (unpaired) electrons. The smallest absolute Gasteiger partial charge is 0.335 e. The van der Waals surface area contributed by atoms with Gasteiger partial charge in [-0.2, -0.15) is 0 Å². The molecule has 2 aliphatic heterocycles. The molecule has 30 heavy (non-hydrogen) atoms. The number of carboxylic acids is 1. The van der Waals surface area contributed by atoms with Gasteiger partial charge in [0.1, 0.15) is 6.04 Å². The van der Waals surface area contributed by atoms with Crippen molar-refractivity contribution in [3.05, 3.63) is 58.0 Å². The van der Waals surface area contributed by atoms with E-state index in [1.54, 1.807) is 27.7 Å². The van der Waals surface area contributed by atoms with E-state index in [-0.39, 0.29) is 28.9 Å². The Bertz CT molecular complexity index is 1040. The van der Waals surface area contributed by atoms with Crippen LogP contribution in [0.4, 0.5) is 0 Å². The molecule has 158 valence electrons. The fraction of sp³-hybridized carbons (Fsp3) is 0.409. The van der Waals surface area contributed by atoms with Gasteiger partial charge >= 0.3 is 5.97 Å². The zero-order valence-corrected chi connectivity index (χ0v) is 16.7. The number of carboxylic acid groups (broad SMARTS) is 1.